The standard InChI is InChI=1S/C48H78NO7P/c1-6-8-10-12-14-16-18-20-22-23-24-25-26-28-30-32-34-36-38-40-43-53-45-47(46-55-57(51,52)54-44-42-49(3,4)5)56-48(50)41-39-37-35-33-31-29-27-21-19-17-15-13-11-9-7-2/h8-11,14-17,20-22,24-25,27-28,30-31,33,37,39,47H,6-7,12-13,18-19,23,26,29,32,34-36,38,40-46H2,1-5H3/b10-8-,11-9-,16-14-,17-15-,22-20-,25-24-,27-21-,30-28-,33-31-,39-37-. The van der Waals surface area contributed by atoms with Crippen LogP contribution in [0.25, 0.3) is 0 Å². The maximum atomic E-state index is 12.6. The lowest BCUT2D eigenvalue weighted by Crippen LogP contribution is -2.37. The zero-order valence-electron chi connectivity index (χ0n) is 36.2. The van der Waals surface area contributed by atoms with Gasteiger partial charge in [-0.05, 0) is 83.5 Å². The average molecular weight is 812 g/mol. The molecule has 0 saturated carbocycles. The van der Waals surface area contributed by atoms with Crippen molar-refractivity contribution in [2.24, 2.45) is 0 Å². The molecule has 0 radical (unpaired) electrons. The van der Waals surface area contributed by atoms with Crippen molar-refractivity contribution in [1.29, 1.82) is 0 Å². The molecule has 0 spiro atoms. The lowest BCUT2D eigenvalue weighted by molar-refractivity contribution is -0.870. The van der Waals surface area contributed by atoms with Gasteiger partial charge in [-0.3, -0.25) is 9.36 Å². The molecule has 0 aliphatic carbocycles. The Morgan fingerprint density at radius 3 is 1.42 bits per heavy atom. The number of rotatable bonds is 37. The summed E-state index contributed by atoms with van der Waals surface area (Å²) in [6.45, 7) is 4.93. The number of phosphoric ester groups is 1. The van der Waals surface area contributed by atoms with Gasteiger partial charge in [-0.15, -0.1) is 0 Å². The first-order valence-corrected chi connectivity index (χ1v) is 22.7. The lowest BCUT2D eigenvalue weighted by atomic mass is 10.1. The van der Waals surface area contributed by atoms with Gasteiger partial charge in [0.05, 0.1) is 40.8 Å². The van der Waals surface area contributed by atoms with Crippen LogP contribution >= 0.6 is 7.82 Å². The van der Waals surface area contributed by atoms with Gasteiger partial charge in [0.2, 0.25) is 0 Å². The second-order valence-corrected chi connectivity index (χ2v) is 16.0. The monoisotopic (exact) mass is 812 g/mol. The summed E-state index contributed by atoms with van der Waals surface area (Å²) in [7, 11) is 1.26. The summed E-state index contributed by atoms with van der Waals surface area (Å²) in [5, 5.41) is 0. The molecule has 0 aromatic carbocycles. The number of unbranched alkanes of at least 4 members (excludes halogenated alkanes) is 4. The first kappa shape index (κ1) is 53.9. The fraction of sp³-hybridized carbons (Fsp3) is 0.562. The summed E-state index contributed by atoms with van der Waals surface area (Å²) in [4.78, 5) is 25.0. The van der Waals surface area contributed by atoms with Crippen molar-refractivity contribution in [3.8, 4) is 0 Å². The van der Waals surface area contributed by atoms with Gasteiger partial charge in [0.15, 0.2) is 0 Å². The third kappa shape index (κ3) is 43.9. The molecule has 2 unspecified atom stereocenters. The second-order valence-electron chi connectivity index (χ2n) is 14.6. The number of nitrogens with zero attached hydrogens (tertiary/aromatic N) is 1. The zero-order chi connectivity index (χ0) is 42.0. The van der Waals surface area contributed by atoms with Crippen LogP contribution in [0, 0.1) is 0 Å². The summed E-state index contributed by atoms with van der Waals surface area (Å²) in [5.41, 5.74) is 0. The number of carbonyl (C=O) groups is 1. The summed E-state index contributed by atoms with van der Waals surface area (Å²) in [5.74, 6) is -0.477. The van der Waals surface area contributed by atoms with Crippen LogP contribution in [0.4, 0.5) is 0 Å². The van der Waals surface area contributed by atoms with E-state index in [0.29, 0.717) is 24.1 Å². The van der Waals surface area contributed by atoms with E-state index in [1.807, 2.05) is 27.2 Å². The lowest BCUT2D eigenvalue weighted by Gasteiger charge is -2.28. The normalized spacial score (nSPS) is 15.0. The molecule has 0 heterocycles. The highest BCUT2D eigenvalue weighted by atomic mass is 31.2. The number of likely N-dealkylation sites (N-methyl/N-ethyl adjacent to an activating group) is 1. The van der Waals surface area contributed by atoms with Crippen LogP contribution in [0.2, 0.25) is 0 Å². The molecule has 0 aromatic rings. The summed E-state index contributed by atoms with van der Waals surface area (Å²) in [6, 6.07) is 0. The third-order valence-corrected chi connectivity index (χ3v) is 9.01. The summed E-state index contributed by atoms with van der Waals surface area (Å²) >= 11 is 0. The number of phosphoric acid groups is 1. The van der Waals surface area contributed by atoms with Crippen LogP contribution in [0.15, 0.2) is 122 Å². The Morgan fingerprint density at radius 1 is 0.544 bits per heavy atom. The van der Waals surface area contributed by atoms with Crippen LogP contribution in [0.5, 0.6) is 0 Å². The van der Waals surface area contributed by atoms with Crippen molar-refractivity contribution in [1.82, 2.24) is 0 Å². The minimum Gasteiger partial charge on any atom is -0.756 e. The number of ether oxygens (including phenoxy) is 2. The maximum Gasteiger partial charge on any atom is 0.310 e. The SMILES string of the molecule is CC/C=C\C/C=C\C/C=C\C/C=C\C/C=C\CCCCCCOCC(COP(=O)([O-])OCC[N+](C)(C)C)OC(=O)C/C=C\C/C=C\C/C=C\C/C=C\C/C=C\CC. The number of carbonyl (C=O) groups excluding carboxylic acids is 1. The van der Waals surface area contributed by atoms with E-state index in [-0.39, 0.29) is 26.2 Å². The van der Waals surface area contributed by atoms with E-state index < -0.39 is 19.9 Å². The maximum absolute atomic E-state index is 12.6. The minimum absolute atomic E-state index is 0.00359. The predicted octanol–water partition coefficient (Wildman–Crippen LogP) is 12.0. The number of quaternary nitrogens is 1. The van der Waals surface area contributed by atoms with Crippen molar-refractivity contribution in [3.63, 3.8) is 0 Å². The third-order valence-electron chi connectivity index (χ3n) is 8.04. The Balaban J connectivity index is 4.46. The molecule has 8 nitrogen and oxygen atoms in total. The van der Waals surface area contributed by atoms with Gasteiger partial charge in [0.1, 0.15) is 19.3 Å². The molecule has 0 rings (SSSR count). The molecule has 57 heavy (non-hydrogen) atoms. The molecule has 0 aliphatic rings. The van der Waals surface area contributed by atoms with Gasteiger partial charge >= 0.3 is 5.97 Å². The van der Waals surface area contributed by atoms with Gasteiger partial charge in [-0.2, -0.15) is 0 Å². The molecule has 0 aliphatic heterocycles. The van der Waals surface area contributed by atoms with Crippen LogP contribution in [-0.2, 0) is 27.9 Å². The molecule has 0 aromatic heterocycles. The van der Waals surface area contributed by atoms with Gasteiger partial charge in [0, 0.05) is 6.61 Å². The molecular formula is C48H78NO7P. The number of esters is 1. The molecule has 0 amide bonds. The first-order chi connectivity index (χ1) is 27.6. The van der Waals surface area contributed by atoms with Crippen molar-refractivity contribution >= 4 is 13.8 Å². The smallest absolute Gasteiger partial charge is 0.310 e. The average Bonchev–Trinajstić information content (AvgIpc) is 3.16. The van der Waals surface area contributed by atoms with E-state index in [1.54, 1.807) is 6.08 Å². The Hall–Kier alpha value is -3.10. The Bertz CT molecular complexity index is 1310. The van der Waals surface area contributed by atoms with E-state index >= 15 is 0 Å². The Kier molecular flexibility index (Phi) is 37.6. The van der Waals surface area contributed by atoms with Crippen LogP contribution in [0.1, 0.15) is 117 Å². The molecule has 0 bridgehead atoms. The van der Waals surface area contributed by atoms with Crippen LogP contribution < -0.4 is 4.89 Å². The predicted molar refractivity (Wildman–Crippen MR) is 240 cm³/mol. The molecule has 9 heteroatoms. The Morgan fingerprint density at radius 2 is 0.965 bits per heavy atom. The highest BCUT2D eigenvalue weighted by Gasteiger charge is 2.20. The van der Waals surface area contributed by atoms with Gasteiger partial charge in [0.25, 0.3) is 7.82 Å². The molecule has 0 N–H and O–H groups in total. The fourth-order valence-corrected chi connectivity index (χ4v) is 5.55. The molecule has 322 valence electrons. The number of hydrogen-bond donors (Lipinski definition) is 0. The van der Waals surface area contributed by atoms with Crippen molar-refractivity contribution in [2.45, 2.75) is 123 Å². The van der Waals surface area contributed by atoms with Gasteiger partial charge in [-0.25, -0.2) is 0 Å². The topological polar surface area (TPSA) is 94.1 Å². The molecular weight excluding hydrogens is 734 g/mol. The molecule has 0 saturated heterocycles. The summed E-state index contributed by atoms with van der Waals surface area (Å²) < 4.78 is 34.4. The minimum atomic E-state index is -4.57. The van der Waals surface area contributed by atoms with Gasteiger partial charge < -0.3 is 27.9 Å². The highest BCUT2D eigenvalue weighted by Crippen LogP contribution is 2.38. The Labute approximate surface area is 348 Å². The molecule has 2 atom stereocenters. The summed E-state index contributed by atoms with van der Waals surface area (Å²) in [6.07, 6.45) is 56.8. The fourth-order valence-electron chi connectivity index (χ4n) is 4.82. The van der Waals surface area contributed by atoms with E-state index in [4.69, 9.17) is 18.5 Å². The highest BCUT2D eigenvalue weighted by molar-refractivity contribution is 7.45. The van der Waals surface area contributed by atoms with Crippen molar-refractivity contribution in [3.05, 3.63) is 122 Å². The first-order valence-electron chi connectivity index (χ1n) is 21.3. The van der Waals surface area contributed by atoms with Gasteiger partial charge in [-0.1, -0.05) is 148 Å². The van der Waals surface area contributed by atoms with E-state index in [9.17, 15) is 14.3 Å². The van der Waals surface area contributed by atoms with Crippen molar-refractivity contribution in [2.75, 3.05) is 54.1 Å². The number of hydrogen-bond acceptors (Lipinski definition) is 7. The number of allylic oxidation sites excluding steroid dienone is 19. The molecule has 0 fully saturated rings. The van der Waals surface area contributed by atoms with E-state index in [1.165, 1.54) is 0 Å². The van der Waals surface area contributed by atoms with Crippen LogP contribution in [0.3, 0.4) is 0 Å². The second kappa shape index (κ2) is 39.7. The van der Waals surface area contributed by atoms with Crippen molar-refractivity contribution < 1.29 is 37.3 Å². The van der Waals surface area contributed by atoms with E-state index in [2.05, 4.69) is 123 Å². The van der Waals surface area contributed by atoms with E-state index in [0.717, 1.165) is 89.9 Å². The quantitative estimate of drug-likeness (QED) is 0.0203. The largest absolute Gasteiger partial charge is 0.756 e. The zero-order valence-corrected chi connectivity index (χ0v) is 37.1. The van der Waals surface area contributed by atoms with Crippen LogP contribution in [-0.4, -0.2) is 70.7 Å².